The lowest BCUT2D eigenvalue weighted by Gasteiger charge is -2.25. The molecule has 0 spiro atoms. The smallest absolute Gasteiger partial charge is 0.326 e. The van der Waals surface area contributed by atoms with Gasteiger partial charge in [0.05, 0.1) is 5.92 Å². The fraction of sp³-hybridized carbons (Fsp3) is 0.364. The van der Waals surface area contributed by atoms with E-state index < -0.39 is 17.9 Å². The summed E-state index contributed by atoms with van der Waals surface area (Å²) >= 11 is 0. The predicted octanol–water partition coefficient (Wildman–Crippen LogP) is 3.92. The summed E-state index contributed by atoms with van der Waals surface area (Å²) in [6.45, 7) is 7.88. The van der Waals surface area contributed by atoms with Crippen LogP contribution >= 0.6 is 0 Å². The first kappa shape index (κ1) is 20.5. The third kappa shape index (κ3) is 5.33. The Bertz CT molecular complexity index is 793. The first-order valence-corrected chi connectivity index (χ1v) is 8.98. The lowest BCUT2D eigenvalue weighted by atomic mass is 9.99. The predicted molar refractivity (Wildman–Crippen MR) is 105 cm³/mol. The van der Waals surface area contributed by atoms with E-state index in [4.69, 9.17) is 9.84 Å². The topological polar surface area (TPSA) is 66.8 Å². The van der Waals surface area contributed by atoms with Gasteiger partial charge in [0.15, 0.2) is 0 Å². The largest absolute Gasteiger partial charge is 0.489 e. The number of carboxylic acids is 1. The van der Waals surface area contributed by atoms with E-state index in [1.54, 1.807) is 6.92 Å². The molecular formula is C22H27NO4. The highest BCUT2D eigenvalue weighted by atomic mass is 16.5. The average Bonchev–Trinajstić information content (AvgIpc) is 2.63. The van der Waals surface area contributed by atoms with Gasteiger partial charge in [0.1, 0.15) is 18.4 Å². The van der Waals surface area contributed by atoms with Gasteiger partial charge in [0, 0.05) is 7.05 Å². The molecule has 0 unspecified atom stereocenters. The summed E-state index contributed by atoms with van der Waals surface area (Å²) in [7, 11) is 1.51. The van der Waals surface area contributed by atoms with Gasteiger partial charge in [-0.05, 0) is 51.0 Å². The van der Waals surface area contributed by atoms with Crippen molar-refractivity contribution < 1.29 is 19.4 Å². The van der Waals surface area contributed by atoms with Crippen molar-refractivity contribution in [3.8, 4) is 5.75 Å². The molecule has 0 saturated heterocycles. The van der Waals surface area contributed by atoms with E-state index in [1.165, 1.54) is 30.0 Å². The van der Waals surface area contributed by atoms with Crippen LogP contribution in [0.15, 0.2) is 42.5 Å². The Labute approximate surface area is 160 Å². The molecule has 1 amide bonds. The number of likely N-dealkylation sites (N-methyl/N-ethyl adjacent to an activating group) is 1. The fourth-order valence-electron chi connectivity index (χ4n) is 2.98. The lowest BCUT2D eigenvalue weighted by molar-refractivity contribution is -0.148. The summed E-state index contributed by atoms with van der Waals surface area (Å²) < 4.78 is 5.84. The van der Waals surface area contributed by atoms with Crippen molar-refractivity contribution >= 4 is 11.9 Å². The zero-order chi connectivity index (χ0) is 20.1. The van der Waals surface area contributed by atoms with Crippen LogP contribution in [0, 0.1) is 13.8 Å². The van der Waals surface area contributed by atoms with Gasteiger partial charge in [0.2, 0.25) is 5.91 Å². The molecule has 2 atom stereocenters. The number of aryl methyl sites for hydroxylation is 2. The van der Waals surface area contributed by atoms with E-state index in [0.717, 1.165) is 16.9 Å². The zero-order valence-corrected chi connectivity index (χ0v) is 16.5. The third-order valence-electron chi connectivity index (χ3n) is 4.72. The molecular weight excluding hydrogens is 342 g/mol. The molecule has 2 aromatic rings. The summed E-state index contributed by atoms with van der Waals surface area (Å²) in [4.78, 5) is 24.8. The van der Waals surface area contributed by atoms with Crippen molar-refractivity contribution in [3.63, 3.8) is 0 Å². The molecule has 1 N–H and O–H groups in total. The minimum Gasteiger partial charge on any atom is -0.489 e. The maximum atomic E-state index is 12.5. The molecule has 2 rings (SSSR count). The standard InChI is InChI=1S/C22H27NO4/c1-14-10-15(2)12-18(11-14)13-27-20-8-6-19(7-9-20)16(3)21(24)23(5)17(4)22(25)26/h6-12,16-17H,13H2,1-5H3,(H,25,26)/t16-,17+/m1/s1. The van der Waals surface area contributed by atoms with Crippen LogP contribution in [0.3, 0.4) is 0 Å². The number of carboxylic acid groups (broad SMARTS) is 1. The first-order valence-electron chi connectivity index (χ1n) is 8.98. The Hall–Kier alpha value is -2.82. The fourth-order valence-corrected chi connectivity index (χ4v) is 2.98. The van der Waals surface area contributed by atoms with E-state index in [2.05, 4.69) is 32.0 Å². The lowest BCUT2D eigenvalue weighted by Crippen LogP contribution is -2.42. The minimum absolute atomic E-state index is 0.228. The second-order valence-corrected chi connectivity index (χ2v) is 7.04. The van der Waals surface area contributed by atoms with Crippen LogP contribution in [0.4, 0.5) is 0 Å². The molecule has 0 aliphatic carbocycles. The van der Waals surface area contributed by atoms with Gasteiger partial charge in [-0.25, -0.2) is 4.79 Å². The van der Waals surface area contributed by atoms with Crippen LogP contribution in [0.1, 0.15) is 42.0 Å². The van der Waals surface area contributed by atoms with Gasteiger partial charge in [-0.3, -0.25) is 4.79 Å². The number of benzene rings is 2. The van der Waals surface area contributed by atoms with Crippen molar-refractivity contribution in [2.24, 2.45) is 0 Å². The molecule has 0 fully saturated rings. The molecule has 144 valence electrons. The molecule has 0 aliphatic heterocycles. The molecule has 0 aromatic heterocycles. The summed E-state index contributed by atoms with van der Waals surface area (Å²) in [5.74, 6) is -0.947. The average molecular weight is 369 g/mol. The number of rotatable bonds is 7. The molecule has 2 aromatic carbocycles. The molecule has 5 heteroatoms. The molecule has 0 radical (unpaired) electrons. The maximum absolute atomic E-state index is 12.5. The van der Waals surface area contributed by atoms with Gasteiger partial charge in [0.25, 0.3) is 0 Å². The van der Waals surface area contributed by atoms with Crippen LogP contribution < -0.4 is 4.74 Å². The molecule has 0 heterocycles. The van der Waals surface area contributed by atoms with Crippen LogP contribution in [-0.4, -0.2) is 35.0 Å². The third-order valence-corrected chi connectivity index (χ3v) is 4.72. The molecule has 0 bridgehead atoms. The summed E-state index contributed by atoms with van der Waals surface area (Å²) in [5.41, 5.74) is 4.35. The number of amides is 1. The Balaban J connectivity index is 2.01. The number of carbonyl (C=O) groups excluding carboxylic acids is 1. The number of ether oxygens (including phenoxy) is 1. The molecule has 0 saturated carbocycles. The van der Waals surface area contributed by atoms with Crippen LogP contribution in [0.5, 0.6) is 5.75 Å². The Morgan fingerprint density at radius 3 is 2.11 bits per heavy atom. The number of carbonyl (C=O) groups is 2. The van der Waals surface area contributed by atoms with Gasteiger partial charge in [-0.1, -0.05) is 41.5 Å². The van der Waals surface area contributed by atoms with E-state index in [1.807, 2.05) is 24.3 Å². The van der Waals surface area contributed by atoms with E-state index in [9.17, 15) is 9.59 Å². The number of hydrogen-bond donors (Lipinski definition) is 1. The molecule has 0 aliphatic rings. The highest BCUT2D eigenvalue weighted by molar-refractivity contribution is 5.87. The number of aliphatic carboxylic acids is 1. The SMILES string of the molecule is Cc1cc(C)cc(COc2ccc([C@@H](C)C(=O)N(C)[C@@H](C)C(=O)O)cc2)c1. The monoisotopic (exact) mass is 369 g/mol. The van der Waals surface area contributed by atoms with Crippen LogP contribution in [0.2, 0.25) is 0 Å². The van der Waals surface area contributed by atoms with Gasteiger partial charge in [-0.2, -0.15) is 0 Å². The zero-order valence-electron chi connectivity index (χ0n) is 16.5. The Morgan fingerprint density at radius 1 is 1.04 bits per heavy atom. The Kier molecular flexibility index (Phi) is 6.61. The van der Waals surface area contributed by atoms with Gasteiger partial charge >= 0.3 is 5.97 Å². The number of hydrogen-bond acceptors (Lipinski definition) is 3. The van der Waals surface area contributed by atoms with Crippen molar-refractivity contribution in [2.45, 2.75) is 46.3 Å². The summed E-state index contributed by atoms with van der Waals surface area (Å²) in [6, 6.07) is 12.8. The highest BCUT2D eigenvalue weighted by Crippen LogP contribution is 2.22. The second-order valence-electron chi connectivity index (χ2n) is 7.04. The van der Waals surface area contributed by atoms with Crippen LogP contribution in [0.25, 0.3) is 0 Å². The Morgan fingerprint density at radius 2 is 1.59 bits per heavy atom. The quantitative estimate of drug-likeness (QED) is 0.803. The highest BCUT2D eigenvalue weighted by Gasteiger charge is 2.26. The summed E-state index contributed by atoms with van der Waals surface area (Å²) in [6.07, 6.45) is 0. The normalized spacial score (nSPS) is 12.9. The molecule has 5 nitrogen and oxygen atoms in total. The van der Waals surface area contributed by atoms with E-state index in [0.29, 0.717) is 6.61 Å². The summed E-state index contributed by atoms with van der Waals surface area (Å²) in [5, 5.41) is 9.07. The number of nitrogens with zero attached hydrogens (tertiary/aromatic N) is 1. The second kappa shape index (κ2) is 8.71. The van der Waals surface area contributed by atoms with E-state index >= 15 is 0 Å². The molecule has 27 heavy (non-hydrogen) atoms. The first-order chi connectivity index (χ1) is 12.7. The maximum Gasteiger partial charge on any atom is 0.326 e. The van der Waals surface area contributed by atoms with Gasteiger partial charge < -0.3 is 14.7 Å². The van der Waals surface area contributed by atoms with Crippen molar-refractivity contribution in [1.82, 2.24) is 4.90 Å². The van der Waals surface area contributed by atoms with Crippen LogP contribution in [-0.2, 0) is 16.2 Å². The van der Waals surface area contributed by atoms with E-state index in [-0.39, 0.29) is 5.91 Å². The van der Waals surface area contributed by atoms with Crippen molar-refractivity contribution in [1.29, 1.82) is 0 Å². The van der Waals surface area contributed by atoms with Crippen molar-refractivity contribution in [2.75, 3.05) is 7.05 Å². The van der Waals surface area contributed by atoms with Crippen molar-refractivity contribution in [3.05, 3.63) is 64.7 Å². The minimum atomic E-state index is -1.02. The van der Waals surface area contributed by atoms with Gasteiger partial charge in [-0.15, -0.1) is 0 Å².